The molecule has 0 saturated carbocycles. The molecular weight excluding hydrogens is 374 g/mol. The molecule has 0 bridgehead atoms. The van der Waals surface area contributed by atoms with E-state index in [0.29, 0.717) is 19.0 Å². The van der Waals surface area contributed by atoms with E-state index >= 15 is 0 Å². The summed E-state index contributed by atoms with van der Waals surface area (Å²) < 4.78 is 12.7. The zero-order valence-corrected chi connectivity index (χ0v) is 15.9. The molecule has 1 aliphatic rings. The number of rotatable bonds is 5. The first-order valence-corrected chi connectivity index (χ1v) is 9.32. The lowest BCUT2D eigenvalue weighted by Gasteiger charge is -2.22. The molecule has 1 aliphatic heterocycles. The number of nitrogens with two attached hydrogens (primary N) is 1. The summed E-state index contributed by atoms with van der Waals surface area (Å²) in [5.74, 6) is -0.535. The molecule has 9 heteroatoms. The van der Waals surface area contributed by atoms with Crippen molar-refractivity contribution in [2.75, 3.05) is 18.5 Å². The van der Waals surface area contributed by atoms with E-state index in [1.54, 1.807) is 35.3 Å². The van der Waals surface area contributed by atoms with Crippen molar-refractivity contribution in [1.29, 1.82) is 0 Å². The Morgan fingerprint density at radius 2 is 2.03 bits per heavy atom. The van der Waals surface area contributed by atoms with Crippen molar-refractivity contribution in [3.63, 3.8) is 0 Å². The third-order valence-electron chi connectivity index (χ3n) is 4.79. The van der Waals surface area contributed by atoms with Crippen molar-refractivity contribution < 1.29 is 18.7 Å². The van der Waals surface area contributed by atoms with Crippen LogP contribution >= 0.6 is 0 Å². The molecule has 4 heterocycles. The standard InChI is InChI=1S/C20H21N5O4/c1-12-10-13(4-7-22-12)16-2-3-17(29-16)20(27)23-15-11-25(24-18(15)19(21)26)14-5-8-28-9-6-14/h2-4,7,10-11,14H,5-6,8-9H2,1H3,(H2,21,26)(H,23,27). The van der Waals surface area contributed by atoms with E-state index in [2.05, 4.69) is 15.4 Å². The molecule has 0 spiro atoms. The quantitative estimate of drug-likeness (QED) is 0.684. The molecule has 0 radical (unpaired) electrons. The molecule has 3 N–H and O–H groups in total. The topological polar surface area (TPSA) is 125 Å². The van der Waals surface area contributed by atoms with Gasteiger partial charge in [0.1, 0.15) is 5.76 Å². The minimum Gasteiger partial charge on any atom is -0.451 e. The zero-order valence-electron chi connectivity index (χ0n) is 15.9. The van der Waals surface area contributed by atoms with Gasteiger partial charge >= 0.3 is 0 Å². The number of primary amides is 1. The number of aryl methyl sites for hydroxylation is 1. The van der Waals surface area contributed by atoms with Crippen LogP contribution in [0.15, 0.2) is 41.1 Å². The molecule has 1 saturated heterocycles. The fraction of sp³-hybridized carbons (Fsp3) is 0.300. The van der Waals surface area contributed by atoms with Crippen LogP contribution in [0.25, 0.3) is 11.3 Å². The maximum atomic E-state index is 12.7. The van der Waals surface area contributed by atoms with E-state index in [1.165, 1.54) is 0 Å². The third kappa shape index (κ3) is 4.04. The number of hydrogen-bond acceptors (Lipinski definition) is 6. The van der Waals surface area contributed by atoms with Gasteiger partial charge in [0.15, 0.2) is 11.5 Å². The van der Waals surface area contributed by atoms with Crippen molar-refractivity contribution in [2.45, 2.75) is 25.8 Å². The summed E-state index contributed by atoms with van der Waals surface area (Å²) in [7, 11) is 0. The third-order valence-corrected chi connectivity index (χ3v) is 4.79. The first kappa shape index (κ1) is 18.9. The van der Waals surface area contributed by atoms with E-state index < -0.39 is 11.8 Å². The SMILES string of the molecule is Cc1cc(-c2ccc(C(=O)Nc3cn(C4CCOCC4)nc3C(N)=O)o2)ccn1. The number of aromatic nitrogens is 3. The van der Waals surface area contributed by atoms with Crippen LogP contribution in [0.4, 0.5) is 5.69 Å². The number of furan rings is 1. The van der Waals surface area contributed by atoms with Crippen molar-refractivity contribution in [3.05, 3.63) is 53.8 Å². The van der Waals surface area contributed by atoms with E-state index in [1.807, 2.05) is 13.0 Å². The Hall–Kier alpha value is -3.46. The molecule has 0 aliphatic carbocycles. The highest BCUT2D eigenvalue weighted by atomic mass is 16.5. The Labute approximate surface area is 166 Å². The maximum absolute atomic E-state index is 12.7. The van der Waals surface area contributed by atoms with E-state index in [4.69, 9.17) is 14.9 Å². The molecule has 9 nitrogen and oxygen atoms in total. The molecule has 3 aromatic rings. The molecule has 0 atom stereocenters. The second kappa shape index (κ2) is 7.88. The molecule has 3 aromatic heterocycles. The molecule has 29 heavy (non-hydrogen) atoms. The van der Waals surface area contributed by atoms with Gasteiger partial charge < -0.3 is 20.2 Å². The number of carbonyl (C=O) groups is 2. The van der Waals surface area contributed by atoms with Gasteiger partial charge in [-0.05, 0) is 44.0 Å². The van der Waals surface area contributed by atoms with Crippen LogP contribution in [-0.4, -0.2) is 39.8 Å². The number of pyridine rings is 1. The van der Waals surface area contributed by atoms with Crippen molar-refractivity contribution >= 4 is 17.5 Å². The normalized spacial score (nSPS) is 14.7. The van der Waals surface area contributed by atoms with Crippen molar-refractivity contribution in [1.82, 2.24) is 14.8 Å². The number of anilines is 1. The van der Waals surface area contributed by atoms with E-state index in [9.17, 15) is 9.59 Å². The minimum absolute atomic E-state index is 0.0152. The van der Waals surface area contributed by atoms with Crippen LogP contribution in [0.2, 0.25) is 0 Å². The summed E-state index contributed by atoms with van der Waals surface area (Å²) in [5, 5.41) is 6.96. The van der Waals surface area contributed by atoms with Gasteiger partial charge in [-0.15, -0.1) is 0 Å². The molecule has 0 unspecified atom stereocenters. The van der Waals surface area contributed by atoms with Crippen LogP contribution in [0.3, 0.4) is 0 Å². The fourth-order valence-corrected chi connectivity index (χ4v) is 3.30. The van der Waals surface area contributed by atoms with E-state index in [0.717, 1.165) is 24.1 Å². The fourth-order valence-electron chi connectivity index (χ4n) is 3.30. The van der Waals surface area contributed by atoms with E-state index in [-0.39, 0.29) is 23.2 Å². The molecule has 2 amide bonds. The summed E-state index contributed by atoms with van der Waals surface area (Å²) in [6.45, 7) is 3.13. The summed E-state index contributed by atoms with van der Waals surface area (Å²) in [6, 6.07) is 7.05. The Kier molecular flexibility index (Phi) is 5.13. The second-order valence-electron chi connectivity index (χ2n) is 6.88. The van der Waals surface area contributed by atoms with Gasteiger partial charge in [-0.2, -0.15) is 5.10 Å². The molecule has 1 fully saturated rings. The molecular formula is C20H21N5O4. The van der Waals surface area contributed by atoms with Gasteiger partial charge in [-0.1, -0.05) is 0 Å². The average molecular weight is 395 g/mol. The number of carbonyl (C=O) groups excluding carboxylic acids is 2. The summed E-state index contributed by atoms with van der Waals surface area (Å²) in [5.41, 5.74) is 7.38. The largest absolute Gasteiger partial charge is 0.451 e. The number of nitrogens with one attached hydrogen (secondary N) is 1. The lowest BCUT2D eigenvalue weighted by molar-refractivity contribution is 0.0661. The molecule has 4 rings (SSSR count). The van der Waals surface area contributed by atoms with Crippen molar-refractivity contribution in [3.8, 4) is 11.3 Å². The van der Waals surface area contributed by atoms with Gasteiger partial charge in [0.2, 0.25) is 0 Å². The first-order valence-electron chi connectivity index (χ1n) is 9.32. The second-order valence-corrected chi connectivity index (χ2v) is 6.88. The highest BCUT2D eigenvalue weighted by Gasteiger charge is 2.23. The van der Waals surface area contributed by atoms with Crippen LogP contribution < -0.4 is 11.1 Å². The average Bonchev–Trinajstić information content (AvgIpc) is 3.36. The Bertz CT molecular complexity index is 1050. The van der Waals surface area contributed by atoms with Crippen LogP contribution in [0, 0.1) is 6.92 Å². The van der Waals surface area contributed by atoms with Crippen molar-refractivity contribution in [2.24, 2.45) is 5.73 Å². The zero-order chi connectivity index (χ0) is 20.4. The summed E-state index contributed by atoms with van der Waals surface area (Å²) in [4.78, 5) is 28.6. The number of amides is 2. The lowest BCUT2D eigenvalue weighted by Crippen LogP contribution is -2.21. The maximum Gasteiger partial charge on any atom is 0.291 e. The monoisotopic (exact) mass is 395 g/mol. The number of nitrogens with zero attached hydrogens (tertiary/aromatic N) is 3. The first-order chi connectivity index (χ1) is 14.0. The predicted octanol–water partition coefficient (Wildman–Crippen LogP) is 2.55. The van der Waals surface area contributed by atoms with Gasteiger partial charge in [0.25, 0.3) is 11.8 Å². The van der Waals surface area contributed by atoms with Crippen LogP contribution in [-0.2, 0) is 4.74 Å². The predicted molar refractivity (Wildman–Crippen MR) is 104 cm³/mol. The number of ether oxygens (including phenoxy) is 1. The van der Waals surface area contributed by atoms with Gasteiger partial charge in [0, 0.05) is 36.9 Å². The van der Waals surface area contributed by atoms with Gasteiger partial charge in [-0.3, -0.25) is 19.3 Å². The Balaban J connectivity index is 1.55. The number of hydrogen-bond donors (Lipinski definition) is 2. The smallest absolute Gasteiger partial charge is 0.291 e. The molecule has 150 valence electrons. The highest BCUT2D eigenvalue weighted by molar-refractivity contribution is 6.06. The Morgan fingerprint density at radius 1 is 1.24 bits per heavy atom. The van der Waals surface area contributed by atoms with Gasteiger partial charge in [-0.25, -0.2) is 0 Å². The summed E-state index contributed by atoms with van der Waals surface area (Å²) in [6.07, 6.45) is 4.86. The lowest BCUT2D eigenvalue weighted by atomic mass is 10.1. The highest BCUT2D eigenvalue weighted by Crippen LogP contribution is 2.26. The van der Waals surface area contributed by atoms with Crippen LogP contribution in [0.5, 0.6) is 0 Å². The summed E-state index contributed by atoms with van der Waals surface area (Å²) >= 11 is 0. The molecule has 0 aromatic carbocycles. The van der Waals surface area contributed by atoms with Crippen LogP contribution in [0.1, 0.15) is 45.6 Å². The van der Waals surface area contributed by atoms with Gasteiger partial charge in [0.05, 0.1) is 11.7 Å². The Morgan fingerprint density at radius 3 is 2.76 bits per heavy atom. The minimum atomic E-state index is -0.710.